The second-order valence-corrected chi connectivity index (χ2v) is 7.62. The van der Waals surface area contributed by atoms with E-state index in [1.165, 1.54) is 6.33 Å². The summed E-state index contributed by atoms with van der Waals surface area (Å²) in [6, 6.07) is 15.2. The first kappa shape index (κ1) is 22.8. The smallest absolute Gasteiger partial charge is 0.241 e. The number of imidazole rings is 1. The van der Waals surface area contributed by atoms with Crippen molar-refractivity contribution < 1.29 is 14.2 Å². The Balaban J connectivity index is 1.50. The Morgan fingerprint density at radius 3 is 2.33 bits per heavy atom. The summed E-state index contributed by atoms with van der Waals surface area (Å²) in [6.45, 7) is 0.563. The van der Waals surface area contributed by atoms with Gasteiger partial charge in [-0.15, -0.1) is 0 Å². The summed E-state index contributed by atoms with van der Waals surface area (Å²) in [4.78, 5) is 22.2. The first-order valence-corrected chi connectivity index (χ1v) is 11.1. The molecular weight excluding hydrogens is 460 g/mol. The molecule has 0 aliphatic rings. The molecule has 0 bridgehead atoms. The molecule has 0 radical (unpaired) electrons. The molecule has 11 nitrogen and oxygen atoms in total. The molecule has 0 saturated heterocycles. The second-order valence-electron chi connectivity index (χ2n) is 7.62. The molecule has 5 aromatic rings. The van der Waals surface area contributed by atoms with Crippen LogP contribution in [-0.2, 0) is 6.54 Å². The quantitative estimate of drug-likeness (QED) is 0.318. The van der Waals surface area contributed by atoms with Gasteiger partial charge in [-0.05, 0) is 29.8 Å². The maximum atomic E-state index is 5.44. The van der Waals surface area contributed by atoms with Gasteiger partial charge in [0.25, 0.3) is 0 Å². The summed E-state index contributed by atoms with van der Waals surface area (Å²) in [6.07, 6.45) is 4.96. The van der Waals surface area contributed by atoms with E-state index in [1.54, 1.807) is 45.9 Å². The lowest BCUT2D eigenvalue weighted by Gasteiger charge is -2.15. The van der Waals surface area contributed by atoms with Crippen LogP contribution in [0.5, 0.6) is 17.2 Å². The Kier molecular flexibility index (Phi) is 6.43. The minimum absolute atomic E-state index is 0.340. The van der Waals surface area contributed by atoms with Crippen molar-refractivity contribution in [2.24, 2.45) is 0 Å². The highest BCUT2D eigenvalue weighted by atomic mass is 16.5. The first-order chi connectivity index (χ1) is 17.7. The van der Waals surface area contributed by atoms with E-state index in [2.05, 4.69) is 30.6 Å². The summed E-state index contributed by atoms with van der Waals surface area (Å²) in [5.41, 5.74) is 3.41. The number of methoxy groups -OCH3 is 3. The van der Waals surface area contributed by atoms with E-state index in [9.17, 15) is 0 Å². The topological polar surface area (TPSA) is 121 Å². The van der Waals surface area contributed by atoms with E-state index in [0.717, 1.165) is 16.6 Å². The number of nitrogens with one attached hydrogen (secondary N) is 2. The number of pyridine rings is 1. The lowest BCUT2D eigenvalue weighted by atomic mass is 10.2. The zero-order valence-electron chi connectivity index (χ0n) is 20.0. The highest BCUT2D eigenvalue weighted by Gasteiger charge is 2.17. The average molecular weight is 485 g/mol. The number of nitrogens with zero attached hydrogens (tertiary/aromatic N) is 6. The summed E-state index contributed by atoms with van der Waals surface area (Å²) in [5.74, 6) is 2.88. The number of aromatic nitrogens is 6. The zero-order chi connectivity index (χ0) is 24.9. The van der Waals surface area contributed by atoms with Crippen molar-refractivity contribution in [3.63, 3.8) is 0 Å². The molecule has 0 amide bonds. The van der Waals surface area contributed by atoms with E-state index in [0.29, 0.717) is 47.3 Å². The molecule has 3 aromatic heterocycles. The summed E-state index contributed by atoms with van der Waals surface area (Å²) < 4.78 is 18.1. The van der Waals surface area contributed by atoms with E-state index in [1.807, 2.05) is 41.0 Å². The van der Waals surface area contributed by atoms with Crippen LogP contribution < -0.4 is 24.8 Å². The standard InChI is InChI=1S/C25H24N8O3/c1-34-20-12-17(13-21(35-2)22(20)36-3)30-23-28-15-29-25(32-23)33-19-7-5-4-6-18(19)31-24(33)27-14-16-8-10-26-11-9-16/h4-13,15H,14H2,1-3H3,(H,27,31)(H,28,29,30,32). The zero-order valence-corrected chi connectivity index (χ0v) is 20.0. The average Bonchev–Trinajstić information content (AvgIpc) is 3.30. The van der Waals surface area contributed by atoms with Gasteiger partial charge in [0.1, 0.15) is 6.33 Å². The van der Waals surface area contributed by atoms with Gasteiger partial charge < -0.3 is 24.8 Å². The molecule has 0 atom stereocenters. The number of ether oxygens (including phenoxy) is 3. The number of benzene rings is 2. The highest BCUT2D eigenvalue weighted by molar-refractivity contribution is 5.80. The van der Waals surface area contributed by atoms with Crippen LogP contribution in [-0.4, -0.2) is 50.8 Å². The number of anilines is 3. The van der Waals surface area contributed by atoms with Crippen molar-refractivity contribution in [3.8, 4) is 23.2 Å². The summed E-state index contributed by atoms with van der Waals surface area (Å²) in [7, 11) is 4.68. The van der Waals surface area contributed by atoms with Crippen LogP contribution in [0.2, 0.25) is 0 Å². The molecule has 0 fully saturated rings. The summed E-state index contributed by atoms with van der Waals surface area (Å²) in [5, 5.41) is 6.58. The van der Waals surface area contributed by atoms with Crippen LogP contribution in [0, 0.1) is 0 Å². The number of fused-ring (bicyclic) bond motifs is 1. The number of rotatable bonds is 9. The van der Waals surface area contributed by atoms with Crippen molar-refractivity contribution in [2.45, 2.75) is 6.54 Å². The lowest BCUT2D eigenvalue weighted by Crippen LogP contribution is -2.10. The Labute approximate surface area is 207 Å². The minimum Gasteiger partial charge on any atom is -0.493 e. The Morgan fingerprint density at radius 2 is 1.61 bits per heavy atom. The second kappa shape index (κ2) is 10.1. The third-order valence-electron chi connectivity index (χ3n) is 5.44. The van der Waals surface area contributed by atoms with Crippen LogP contribution >= 0.6 is 0 Å². The molecule has 0 saturated carbocycles. The van der Waals surface area contributed by atoms with Crippen molar-refractivity contribution in [2.75, 3.05) is 32.0 Å². The van der Waals surface area contributed by atoms with E-state index < -0.39 is 0 Å². The van der Waals surface area contributed by atoms with Gasteiger partial charge in [0, 0.05) is 36.8 Å². The van der Waals surface area contributed by atoms with Gasteiger partial charge in [0.2, 0.25) is 23.6 Å². The van der Waals surface area contributed by atoms with Crippen molar-refractivity contribution >= 4 is 28.6 Å². The van der Waals surface area contributed by atoms with E-state index in [-0.39, 0.29) is 0 Å². The van der Waals surface area contributed by atoms with Crippen LogP contribution in [0.4, 0.5) is 17.6 Å². The molecule has 5 rings (SSSR count). The Hall–Kier alpha value is -4.93. The molecule has 0 aliphatic heterocycles. The number of hydrogen-bond donors (Lipinski definition) is 2. The first-order valence-electron chi connectivity index (χ1n) is 11.1. The molecule has 0 aliphatic carbocycles. The fraction of sp³-hybridized carbons (Fsp3) is 0.160. The maximum absolute atomic E-state index is 5.44. The predicted octanol–water partition coefficient (Wildman–Crippen LogP) is 3.99. The van der Waals surface area contributed by atoms with Crippen molar-refractivity contribution in [1.82, 2.24) is 29.5 Å². The van der Waals surface area contributed by atoms with Crippen molar-refractivity contribution in [3.05, 3.63) is 72.8 Å². The van der Waals surface area contributed by atoms with E-state index >= 15 is 0 Å². The predicted molar refractivity (Wildman–Crippen MR) is 135 cm³/mol. The maximum Gasteiger partial charge on any atom is 0.241 e. The van der Waals surface area contributed by atoms with Crippen molar-refractivity contribution in [1.29, 1.82) is 0 Å². The normalized spacial score (nSPS) is 10.8. The Morgan fingerprint density at radius 1 is 0.861 bits per heavy atom. The largest absolute Gasteiger partial charge is 0.493 e. The molecule has 2 N–H and O–H groups in total. The van der Waals surface area contributed by atoms with Gasteiger partial charge in [-0.1, -0.05) is 12.1 Å². The van der Waals surface area contributed by atoms with Gasteiger partial charge in [-0.25, -0.2) is 19.5 Å². The number of hydrogen-bond acceptors (Lipinski definition) is 10. The molecule has 0 spiro atoms. The van der Waals surface area contributed by atoms with Gasteiger partial charge in [-0.2, -0.15) is 4.98 Å². The third-order valence-corrected chi connectivity index (χ3v) is 5.44. The third kappa shape index (κ3) is 4.53. The van der Waals surface area contributed by atoms with Gasteiger partial charge in [-0.3, -0.25) is 4.98 Å². The molecule has 0 unspecified atom stereocenters. The number of para-hydroxylation sites is 2. The molecular formula is C25H24N8O3. The summed E-state index contributed by atoms with van der Waals surface area (Å²) >= 11 is 0. The Bertz CT molecular complexity index is 1460. The molecule has 36 heavy (non-hydrogen) atoms. The lowest BCUT2D eigenvalue weighted by molar-refractivity contribution is 0.324. The van der Waals surface area contributed by atoms with Gasteiger partial charge >= 0.3 is 0 Å². The van der Waals surface area contributed by atoms with Crippen LogP contribution in [0.15, 0.2) is 67.3 Å². The molecule has 182 valence electrons. The fourth-order valence-corrected chi connectivity index (χ4v) is 3.77. The minimum atomic E-state index is 0.340. The van der Waals surface area contributed by atoms with Crippen LogP contribution in [0.3, 0.4) is 0 Å². The highest BCUT2D eigenvalue weighted by Crippen LogP contribution is 2.40. The monoisotopic (exact) mass is 484 g/mol. The molecule has 11 heteroatoms. The molecule has 2 aromatic carbocycles. The van der Waals surface area contributed by atoms with Crippen LogP contribution in [0.25, 0.3) is 17.0 Å². The van der Waals surface area contributed by atoms with Gasteiger partial charge in [0.15, 0.2) is 11.5 Å². The fourth-order valence-electron chi connectivity index (χ4n) is 3.77. The van der Waals surface area contributed by atoms with Crippen LogP contribution in [0.1, 0.15) is 5.56 Å². The van der Waals surface area contributed by atoms with Gasteiger partial charge in [0.05, 0.1) is 32.4 Å². The SMILES string of the molecule is COc1cc(Nc2ncnc(-n3c(NCc4ccncc4)nc4ccccc43)n2)cc(OC)c1OC. The molecule has 3 heterocycles. The van der Waals surface area contributed by atoms with E-state index in [4.69, 9.17) is 19.2 Å².